The van der Waals surface area contributed by atoms with E-state index in [9.17, 15) is 4.79 Å². The second kappa shape index (κ2) is 6.42. The summed E-state index contributed by atoms with van der Waals surface area (Å²) in [6.45, 7) is 1.54. The molecule has 0 radical (unpaired) electrons. The zero-order chi connectivity index (χ0) is 16.4. The predicted molar refractivity (Wildman–Crippen MR) is 90.3 cm³/mol. The summed E-state index contributed by atoms with van der Waals surface area (Å²) in [5.41, 5.74) is 1.69. The second-order valence-electron chi connectivity index (χ2n) is 5.21. The summed E-state index contributed by atoms with van der Waals surface area (Å²) in [5, 5.41) is 8.12. The molecule has 0 spiro atoms. The summed E-state index contributed by atoms with van der Waals surface area (Å²) >= 11 is 1.63. The molecule has 23 heavy (non-hydrogen) atoms. The Kier molecular flexibility index (Phi) is 4.34. The van der Waals surface area contributed by atoms with Crippen molar-refractivity contribution >= 4 is 23.0 Å². The smallest absolute Gasteiger partial charge is 0.240 e. The van der Waals surface area contributed by atoms with Gasteiger partial charge in [0.2, 0.25) is 5.91 Å². The molecule has 6 heteroatoms. The number of thiophene rings is 1. The van der Waals surface area contributed by atoms with Crippen LogP contribution in [0, 0.1) is 0 Å². The Morgan fingerprint density at radius 3 is 2.74 bits per heavy atom. The number of nitrogens with zero attached hydrogens (tertiary/aromatic N) is 2. The van der Waals surface area contributed by atoms with Gasteiger partial charge in [-0.15, -0.1) is 11.3 Å². The Hall–Kier alpha value is -2.34. The molecule has 0 fully saturated rings. The zero-order valence-electron chi connectivity index (χ0n) is 13.3. The lowest BCUT2D eigenvalue weighted by Gasteiger charge is -2.18. The fourth-order valence-corrected chi connectivity index (χ4v) is 3.52. The Labute approximate surface area is 139 Å². The summed E-state index contributed by atoms with van der Waals surface area (Å²) < 4.78 is 10.7. The van der Waals surface area contributed by atoms with E-state index in [2.05, 4.69) is 5.10 Å². The number of hydrogen-bond acceptors (Lipinski definition) is 5. The van der Waals surface area contributed by atoms with Gasteiger partial charge in [-0.1, -0.05) is 6.07 Å². The Morgan fingerprint density at radius 2 is 2.13 bits per heavy atom. The number of benzene rings is 1. The molecule has 120 valence electrons. The van der Waals surface area contributed by atoms with Crippen LogP contribution in [-0.2, 0) is 4.79 Å². The topological polar surface area (TPSA) is 51.1 Å². The van der Waals surface area contributed by atoms with E-state index in [0.717, 1.165) is 27.7 Å². The quantitative estimate of drug-likeness (QED) is 0.862. The summed E-state index contributed by atoms with van der Waals surface area (Å²) in [4.78, 5) is 13.1. The summed E-state index contributed by atoms with van der Waals surface area (Å²) in [6, 6.07) is 9.56. The molecule has 0 aliphatic carbocycles. The van der Waals surface area contributed by atoms with Crippen LogP contribution in [0.2, 0.25) is 0 Å². The first-order chi connectivity index (χ1) is 11.1. The molecule has 0 N–H and O–H groups in total. The molecule has 3 rings (SSSR count). The van der Waals surface area contributed by atoms with E-state index >= 15 is 0 Å². The minimum Gasteiger partial charge on any atom is -0.497 e. The van der Waals surface area contributed by atoms with E-state index in [1.54, 1.807) is 30.6 Å². The standard InChI is InChI=1S/C17H18N2O3S/c1-11(20)19-15(17-5-4-8-23-17)10-14(18-19)13-9-12(21-2)6-7-16(13)22-3/h4-9,15H,10H2,1-3H3. The third-order valence-electron chi connectivity index (χ3n) is 3.82. The van der Waals surface area contributed by atoms with Crippen molar-refractivity contribution in [3.8, 4) is 11.5 Å². The van der Waals surface area contributed by atoms with Crippen LogP contribution >= 0.6 is 11.3 Å². The molecule has 1 aromatic heterocycles. The molecule has 1 aliphatic heterocycles. The SMILES string of the molecule is COc1ccc(OC)c(C2=NN(C(C)=O)C(c3cccs3)C2)c1. The van der Waals surface area contributed by atoms with Crippen molar-refractivity contribution in [3.63, 3.8) is 0 Å². The molecule has 0 saturated carbocycles. The van der Waals surface area contributed by atoms with Crippen molar-refractivity contribution in [1.29, 1.82) is 0 Å². The van der Waals surface area contributed by atoms with Crippen LogP contribution in [0.1, 0.15) is 29.8 Å². The van der Waals surface area contributed by atoms with Gasteiger partial charge in [0.25, 0.3) is 0 Å². The van der Waals surface area contributed by atoms with Gasteiger partial charge in [-0.25, -0.2) is 5.01 Å². The summed E-state index contributed by atoms with van der Waals surface area (Å²) in [6.07, 6.45) is 0.656. The summed E-state index contributed by atoms with van der Waals surface area (Å²) in [5.74, 6) is 1.39. The Balaban J connectivity index is 2.00. The highest BCUT2D eigenvalue weighted by molar-refractivity contribution is 7.10. The van der Waals surface area contributed by atoms with Crippen LogP contribution in [0.3, 0.4) is 0 Å². The normalized spacial score (nSPS) is 17.1. The van der Waals surface area contributed by atoms with Crippen LogP contribution in [0.15, 0.2) is 40.8 Å². The van der Waals surface area contributed by atoms with Gasteiger partial charge in [0, 0.05) is 23.8 Å². The fourth-order valence-electron chi connectivity index (χ4n) is 2.71. The number of rotatable bonds is 4. The Morgan fingerprint density at radius 1 is 1.30 bits per heavy atom. The van der Waals surface area contributed by atoms with Gasteiger partial charge < -0.3 is 9.47 Å². The van der Waals surface area contributed by atoms with Crippen molar-refractivity contribution in [2.45, 2.75) is 19.4 Å². The van der Waals surface area contributed by atoms with Gasteiger partial charge in [-0.2, -0.15) is 5.10 Å². The largest absolute Gasteiger partial charge is 0.497 e. The number of methoxy groups -OCH3 is 2. The molecular formula is C17H18N2O3S. The van der Waals surface area contributed by atoms with E-state index in [4.69, 9.17) is 9.47 Å². The number of carbonyl (C=O) groups is 1. The van der Waals surface area contributed by atoms with E-state index in [0.29, 0.717) is 6.42 Å². The number of ether oxygens (including phenoxy) is 2. The van der Waals surface area contributed by atoms with Crippen LogP contribution in [0.5, 0.6) is 11.5 Å². The van der Waals surface area contributed by atoms with Crippen molar-refractivity contribution in [2.75, 3.05) is 14.2 Å². The van der Waals surface area contributed by atoms with Gasteiger partial charge in [0.1, 0.15) is 11.5 Å². The van der Waals surface area contributed by atoms with E-state index < -0.39 is 0 Å². The summed E-state index contributed by atoms with van der Waals surface area (Å²) in [7, 11) is 3.25. The number of amides is 1. The number of hydrogen-bond donors (Lipinski definition) is 0. The maximum absolute atomic E-state index is 12.0. The van der Waals surface area contributed by atoms with Crippen molar-refractivity contribution in [1.82, 2.24) is 5.01 Å². The third-order valence-corrected chi connectivity index (χ3v) is 4.80. The fraction of sp³-hybridized carbons (Fsp3) is 0.294. The highest BCUT2D eigenvalue weighted by Gasteiger charge is 2.33. The molecule has 2 aromatic rings. The maximum Gasteiger partial charge on any atom is 0.240 e. The second-order valence-corrected chi connectivity index (χ2v) is 6.19. The van der Waals surface area contributed by atoms with E-state index in [1.807, 2.05) is 35.7 Å². The average molecular weight is 330 g/mol. The molecule has 1 atom stereocenters. The van der Waals surface area contributed by atoms with E-state index in [1.165, 1.54) is 6.92 Å². The van der Waals surface area contributed by atoms with Gasteiger partial charge in [-0.3, -0.25) is 4.79 Å². The van der Waals surface area contributed by atoms with Crippen LogP contribution in [0.4, 0.5) is 0 Å². The van der Waals surface area contributed by atoms with Crippen LogP contribution < -0.4 is 9.47 Å². The first kappa shape index (κ1) is 15.6. The molecule has 0 bridgehead atoms. The molecule has 1 aromatic carbocycles. The Bertz CT molecular complexity index is 740. The first-order valence-corrected chi connectivity index (χ1v) is 8.15. The van der Waals surface area contributed by atoms with Crippen LogP contribution in [-0.4, -0.2) is 30.8 Å². The number of carbonyl (C=O) groups excluding carboxylic acids is 1. The number of hydrazone groups is 1. The molecule has 1 amide bonds. The molecular weight excluding hydrogens is 312 g/mol. The molecule has 1 unspecified atom stereocenters. The van der Waals surface area contributed by atoms with Gasteiger partial charge in [0.15, 0.2) is 0 Å². The van der Waals surface area contributed by atoms with Crippen molar-refractivity contribution in [3.05, 3.63) is 46.2 Å². The lowest BCUT2D eigenvalue weighted by Crippen LogP contribution is -2.23. The minimum atomic E-state index is -0.0692. The lowest BCUT2D eigenvalue weighted by atomic mass is 10.0. The van der Waals surface area contributed by atoms with Gasteiger partial charge in [0.05, 0.1) is 26.0 Å². The van der Waals surface area contributed by atoms with E-state index in [-0.39, 0.29) is 11.9 Å². The monoisotopic (exact) mass is 330 g/mol. The minimum absolute atomic E-state index is 0.0570. The highest BCUT2D eigenvalue weighted by atomic mass is 32.1. The molecule has 2 heterocycles. The average Bonchev–Trinajstić information content (AvgIpc) is 3.23. The molecule has 0 saturated heterocycles. The van der Waals surface area contributed by atoms with Gasteiger partial charge in [-0.05, 0) is 29.6 Å². The third kappa shape index (κ3) is 2.94. The molecule has 1 aliphatic rings. The lowest BCUT2D eigenvalue weighted by molar-refractivity contribution is -0.130. The first-order valence-electron chi connectivity index (χ1n) is 7.27. The zero-order valence-corrected chi connectivity index (χ0v) is 14.1. The van der Waals surface area contributed by atoms with Gasteiger partial charge >= 0.3 is 0 Å². The maximum atomic E-state index is 12.0. The highest BCUT2D eigenvalue weighted by Crippen LogP contribution is 2.37. The van der Waals surface area contributed by atoms with Crippen molar-refractivity contribution in [2.24, 2.45) is 5.10 Å². The predicted octanol–water partition coefficient (Wildman–Crippen LogP) is 3.46. The molecule has 5 nitrogen and oxygen atoms in total. The van der Waals surface area contributed by atoms with Crippen LogP contribution in [0.25, 0.3) is 0 Å². The van der Waals surface area contributed by atoms with Crippen molar-refractivity contribution < 1.29 is 14.3 Å².